The van der Waals surface area contributed by atoms with Crippen molar-refractivity contribution in [2.24, 2.45) is 0 Å². The fourth-order valence-electron chi connectivity index (χ4n) is 2.66. The maximum Gasteiger partial charge on any atom is 0.255 e. The minimum absolute atomic E-state index is 0.0247. The van der Waals surface area contributed by atoms with Gasteiger partial charge in [0.1, 0.15) is 10.6 Å². The number of anilines is 1. The first-order valence-corrected chi connectivity index (χ1v) is 10.0. The number of para-hydroxylation sites is 1. The molecule has 0 heterocycles. The van der Waals surface area contributed by atoms with Crippen molar-refractivity contribution >= 4 is 21.6 Å². The molecule has 138 valence electrons. The van der Waals surface area contributed by atoms with Crippen molar-refractivity contribution in [2.75, 3.05) is 12.4 Å². The van der Waals surface area contributed by atoms with Crippen LogP contribution in [-0.4, -0.2) is 27.5 Å². The van der Waals surface area contributed by atoms with Crippen molar-refractivity contribution in [3.05, 3.63) is 53.6 Å². The molecule has 0 unspecified atom stereocenters. The number of carbonyl (C=O) groups is 1. The van der Waals surface area contributed by atoms with E-state index in [0.29, 0.717) is 0 Å². The van der Waals surface area contributed by atoms with Crippen LogP contribution in [-0.2, 0) is 16.4 Å². The third kappa shape index (κ3) is 4.05. The van der Waals surface area contributed by atoms with Gasteiger partial charge in [-0.2, -0.15) is 0 Å². The number of aryl methyl sites for hydroxylation is 1. The Morgan fingerprint density at radius 3 is 2.58 bits per heavy atom. The Bertz CT molecular complexity index is 921. The van der Waals surface area contributed by atoms with Crippen molar-refractivity contribution in [3.63, 3.8) is 0 Å². The van der Waals surface area contributed by atoms with Crippen molar-refractivity contribution < 1.29 is 17.9 Å². The molecular weight excluding hydrogens is 352 g/mol. The summed E-state index contributed by atoms with van der Waals surface area (Å²) in [5.41, 5.74) is 1.99. The minimum atomic E-state index is -3.74. The quantitative estimate of drug-likeness (QED) is 0.780. The van der Waals surface area contributed by atoms with Crippen LogP contribution in [0.25, 0.3) is 0 Å². The van der Waals surface area contributed by atoms with Crippen LogP contribution >= 0.6 is 0 Å². The van der Waals surface area contributed by atoms with Crippen LogP contribution in [0, 0.1) is 0 Å². The molecule has 2 aromatic rings. The molecule has 1 aliphatic rings. The Hall–Kier alpha value is -2.38. The van der Waals surface area contributed by atoms with Crippen molar-refractivity contribution in [1.29, 1.82) is 0 Å². The average molecular weight is 374 g/mol. The van der Waals surface area contributed by atoms with E-state index in [0.717, 1.165) is 30.5 Å². The number of rotatable bonds is 7. The molecule has 2 N–H and O–H groups in total. The predicted octanol–water partition coefficient (Wildman–Crippen LogP) is 2.95. The highest BCUT2D eigenvalue weighted by atomic mass is 32.2. The molecule has 26 heavy (non-hydrogen) atoms. The van der Waals surface area contributed by atoms with Gasteiger partial charge < -0.3 is 10.1 Å². The molecule has 7 heteroatoms. The van der Waals surface area contributed by atoms with Gasteiger partial charge in [-0.25, -0.2) is 13.1 Å². The van der Waals surface area contributed by atoms with Gasteiger partial charge >= 0.3 is 0 Å². The van der Waals surface area contributed by atoms with Crippen LogP contribution in [0.15, 0.2) is 47.4 Å². The highest BCUT2D eigenvalue weighted by Gasteiger charge is 2.30. The molecule has 0 spiro atoms. The Labute approximate surface area is 153 Å². The SMILES string of the molecule is CCc1ccccc1NC(=O)c1ccc(OC)c(S(=O)(=O)NC2CC2)c1. The first-order chi connectivity index (χ1) is 12.4. The van der Waals surface area contributed by atoms with Crippen LogP contribution in [0.5, 0.6) is 5.75 Å². The molecule has 1 saturated carbocycles. The summed E-state index contributed by atoms with van der Waals surface area (Å²) in [6, 6.07) is 11.9. The van der Waals surface area contributed by atoms with Crippen LogP contribution in [0.2, 0.25) is 0 Å². The van der Waals surface area contributed by atoms with E-state index >= 15 is 0 Å². The van der Waals surface area contributed by atoms with Gasteiger partial charge in [0.2, 0.25) is 10.0 Å². The molecule has 2 aromatic carbocycles. The van der Waals surface area contributed by atoms with E-state index in [4.69, 9.17) is 4.74 Å². The molecular formula is C19H22N2O4S. The largest absolute Gasteiger partial charge is 0.495 e. The minimum Gasteiger partial charge on any atom is -0.495 e. The smallest absolute Gasteiger partial charge is 0.255 e. The second-order valence-electron chi connectivity index (χ2n) is 6.23. The zero-order valence-corrected chi connectivity index (χ0v) is 15.6. The molecule has 1 amide bonds. The summed E-state index contributed by atoms with van der Waals surface area (Å²) in [4.78, 5) is 12.6. The Kier molecular flexibility index (Phi) is 5.29. The molecule has 3 rings (SSSR count). The van der Waals surface area contributed by atoms with Crippen LogP contribution in [0.1, 0.15) is 35.7 Å². The third-order valence-corrected chi connectivity index (χ3v) is 5.80. The van der Waals surface area contributed by atoms with Gasteiger partial charge in [0.05, 0.1) is 7.11 Å². The summed E-state index contributed by atoms with van der Waals surface area (Å²) < 4.78 is 32.9. The van der Waals surface area contributed by atoms with Gasteiger partial charge in [-0.3, -0.25) is 4.79 Å². The number of methoxy groups -OCH3 is 1. The molecule has 6 nitrogen and oxygen atoms in total. The predicted molar refractivity (Wildman–Crippen MR) is 100 cm³/mol. The average Bonchev–Trinajstić information content (AvgIpc) is 3.44. The molecule has 0 saturated heterocycles. The third-order valence-electron chi connectivity index (χ3n) is 4.26. The zero-order chi connectivity index (χ0) is 18.7. The fraction of sp³-hybridized carbons (Fsp3) is 0.316. The van der Waals surface area contributed by atoms with Crippen molar-refractivity contribution in [3.8, 4) is 5.75 Å². The second kappa shape index (κ2) is 7.47. The van der Waals surface area contributed by atoms with E-state index in [-0.39, 0.29) is 28.2 Å². The standard InChI is InChI=1S/C19H22N2O4S/c1-3-13-6-4-5-7-16(13)20-19(22)14-8-11-17(25-2)18(12-14)26(23,24)21-15-9-10-15/h4-8,11-12,15,21H,3,9-10H2,1-2H3,(H,20,22). The molecule has 0 aliphatic heterocycles. The molecule has 0 aromatic heterocycles. The fourth-order valence-corrected chi connectivity index (χ4v) is 4.16. The molecule has 1 aliphatic carbocycles. The lowest BCUT2D eigenvalue weighted by atomic mass is 10.1. The summed E-state index contributed by atoms with van der Waals surface area (Å²) in [6.45, 7) is 2.01. The summed E-state index contributed by atoms with van der Waals surface area (Å²) >= 11 is 0. The molecule has 0 bridgehead atoms. The second-order valence-corrected chi connectivity index (χ2v) is 7.91. The first kappa shape index (κ1) is 18.4. The number of hydrogen-bond acceptors (Lipinski definition) is 4. The van der Waals surface area contributed by atoms with Gasteiger partial charge in [-0.1, -0.05) is 25.1 Å². The molecule has 1 fully saturated rings. The van der Waals surface area contributed by atoms with Gasteiger partial charge in [0.25, 0.3) is 5.91 Å². The zero-order valence-electron chi connectivity index (χ0n) is 14.8. The molecule has 0 radical (unpaired) electrons. The summed E-state index contributed by atoms with van der Waals surface area (Å²) in [6.07, 6.45) is 2.44. The number of nitrogens with one attached hydrogen (secondary N) is 2. The van der Waals surface area contributed by atoms with E-state index in [9.17, 15) is 13.2 Å². The number of amides is 1. The summed E-state index contributed by atoms with van der Waals surface area (Å²) in [5, 5.41) is 2.85. The van der Waals surface area contributed by atoms with Gasteiger partial charge in [0.15, 0.2) is 0 Å². The maximum absolute atomic E-state index is 12.6. The monoisotopic (exact) mass is 374 g/mol. The van der Waals surface area contributed by atoms with Gasteiger partial charge in [0, 0.05) is 17.3 Å². The number of sulfonamides is 1. The van der Waals surface area contributed by atoms with Crippen LogP contribution < -0.4 is 14.8 Å². The number of benzene rings is 2. The lowest BCUT2D eigenvalue weighted by Crippen LogP contribution is -2.26. The maximum atomic E-state index is 12.6. The number of ether oxygens (including phenoxy) is 1. The highest BCUT2D eigenvalue weighted by molar-refractivity contribution is 7.89. The normalized spacial score (nSPS) is 14.1. The lowest BCUT2D eigenvalue weighted by Gasteiger charge is -2.13. The van der Waals surface area contributed by atoms with E-state index in [2.05, 4.69) is 10.0 Å². The van der Waals surface area contributed by atoms with Gasteiger partial charge in [-0.05, 0) is 49.1 Å². The first-order valence-electron chi connectivity index (χ1n) is 8.54. The summed E-state index contributed by atoms with van der Waals surface area (Å²) in [7, 11) is -2.33. The topological polar surface area (TPSA) is 84.5 Å². The Morgan fingerprint density at radius 2 is 1.92 bits per heavy atom. The number of carbonyl (C=O) groups excluding carboxylic acids is 1. The van der Waals surface area contributed by atoms with Crippen LogP contribution in [0.4, 0.5) is 5.69 Å². The lowest BCUT2D eigenvalue weighted by molar-refractivity contribution is 0.102. The van der Waals surface area contributed by atoms with E-state index in [1.165, 1.54) is 19.2 Å². The van der Waals surface area contributed by atoms with E-state index in [1.54, 1.807) is 6.07 Å². The van der Waals surface area contributed by atoms with Crippen LogP contribution in [0.3, 0.4) is 0 Å². The van der Waals surface area contributed by atoms with Gasteiger partial charge in [-0.15, -0.1) is 0 Å². The Morgan fingerprint density at radius 1 is 1.19 bits per heavy atom. The number of hydrogen-bond donors (Lipinski definition) is 2. The van der Waals surface area contributed by atoms with Crippen molar-refractivity contribution in [2.45, 2.75) is 37.1 Å². The summed E-state index contributed by atoms with van der Waals surface area (Å²) in [5.74, 6) is -0.153. The van der Waals surface area contributed by atoms with Crippen molar-refractivity contribution in [1.82, 2.24) is 4.72 Å². The van der Waals surface area contributed by atoms with E-state index < -0.39 is 10.0 Å². The van der Waals surface area contributed by atoms with E-state index in [1.807, 2.05) is 31.2 Å². The highest BCUT2D eigenvalue weighted by Crippen LogP contribution is 2.28. The Balaban J connectivity index is 1.90. The molecule has 0 atom stereocenters.